The fourth-order valence-electron chi connectivity index (χ4n) is 1.18. The Bertz CT molecular complexity index is 467. The summed E-state index contributed by atoms with van der Waals surface area (Å²) >= 11 is 0.872. The molecule has 1 aromatic rings. The first kappa shape index (κ1) is 14.0. The van der Waals surface area contributed by atoms with Crippen LogP contribution < -0.4 is 0 Å². The molecule has 1 rings (SSSR count). The molecule has 0 amide bonds. The van der Waals surface area contributed by atoms with Gasteiger partial charge in [0.25, 0.3) is 0 Å². The van der Waals surface area contributed by atoms with Gasteiger partial charge < -0.3 is 15.3 Å². The molecule has 3 N–H and O–H groups in total. The number of hydrogen-bond donors (Lipinski definition) is 3. The summed E-state index contributed by atoms with van der Waals surface area (Å²) in [7, 11) is 0. The lowest BCUT2D eigenvalue weighted by molar-refractivity contribution is -0.142. The van der Waals surface area contributed by atoms with Gasteiger partial charge in [-0.05, 0) is 24.3 Å². The second kappa shape index (κ2) is 6.06. The molecule has 1 atom stereocenters. The average Bonchev–Trinajstić information content (AvgIpc) is 2.28. The molecule has 0 bridgehead atoms. The molecule has 0 aliphatic carbocycles. The minimum atomic E-state index is -1.22. The molecule has 0 aliphatic rings. The van der Waals surface area contributed by atoms with Crippen LogP contribution in [0.4, 0.5) is 0 Å². The second-order valence-corrected chi connectivity index (χ2v) is 4.65. The summed E-state index contributed by atoms with van der Waals surface area (Å²) in [6.45, 7) is 0. The molecular weight excluding hydrogens is 260 g/mol. The van der Waals surface area contributed by atoms with Crippen molar-refractivity contribution in [2.75, 3.05) is 0 Å². The van der Waals surface area contributed by atoms with Gasteiger partial charge in [-0.3, -0.25) is 9.59 Å². The van der Waals surface area contributed by atoms with Crippen molar-refractivity contribution in [1.82, 2.24) is 0 Å². The van der Waals surface area contributed by atoms with Crippen molar-refractivity contribution in [1.29, 1.82) is 0 Å². The average molecular weight is 270 g/mol. The maximum absolute atomic E-state index is 10.8. The van der Waals surface area contributed by atoms with E-state index >= 15 is 0 Å². The lowest BCUT2D eigenvalue weighted by atomic mass is 10.2. The summed E-state index contributed by atoms with van der Waals surface area (Å²) in [5.74, 6) is -3.49. The smallest absolute Gasteiger partial charge is 0.335 e. The Morgan fingerprint density at radius 2 is 1.61 bits per heavy atom. The zero-order valence-corrected chi connectivity index (χ0v) is 9.88. The maximum atomic E-state index is 10.8. The molecule has 18 heavy (non-hydrogen) atoms. The normalized spacial score (nSPS) is 11.8. The van der Waals surface area contributed by atoms with Gasteiger partial charge in [0.05, 0.1) is 12.0 Å². The summed E-state index contributed by atoms with van der Waals surface area (Å²) in [5, 5.41) is 25.0. The summed E-state index contributed by atoms with van der Waals surface area (Å²) in [6.07, 6.45) is -0.499. The van der Waals surface area contributed by atoms with E-state index in [1.807, 2.05) is 0 Å². The maximum Gasteiger partial charge on any atom is 0.335 e. The van der Waals surface area contributed by atoms with Crippen molar-refractivity contribution in [3.8, 4) is 0 Å². The predicted octanol–water partition coefficient (Wildman–Crippen LogP) is 1.40. The van der Waals surface area contributed by atoms with Crippen LogP contribution in [-0.2, 0) is 9.59 Å². The standard InChI is InChI=1S/C11H10O6S/c12-9(13)5-8(11(16)17)18-7-3-1-6(2-4-7)10(14)15/h1-4,8H,5H2,(H,12,13)(H,14,15)(H,16,17). The van der Waals surface area contributed by atoms with E-state index in [-0.39, 0.29) is 5.56 Å². The van der Waals surface area contributed by atoms with Crippen molar-refractivity contribution in [2.45, 2.75) is 16.6 Å². The molecule has 1 aromatic carbocycles. The van der Waals surface area contributed by atoms with Crippen molar-refractivity contribution in [3.63, 3.8) is 0 Å². The molecule has 0 spiro atoms. The van der Waals surface area contributed by atoms with Gasteiger partial charge in [-0.2, -0.15) is 0 Å². The Kier molecular flexibility index (Phi) is 4.73. The van der Waals surface area contributed by atoms with Gasteiger partial charge in [-0.25, -0.2) is 4.79 Å². The van der Waals surface area contributed by atoms with Crippen LogP contribution in [0.25, 0.3) is 0 Å². The summed E-state index contributed by atoms with van der Waals surface area (Å²) in [6, 6.07) is 5.58. The number of carboxylic acid groups (broad SMARTS) is 3. The molecule has 0 aromatic heterocycles. The molecular formula is C11H10O6S. The second-order valence-electron chi connectivity index (χ2n) is 3.37. The lowest BCUT2D eigenvalue weighted by Crippen LogP contribution is -2.20. The van der Waals surface area contributed by atoms with E-state index in [9.17, 15) is 14.4 Å². The number of carbonyl (C=O) groups is 3. The number of thioether (sulfide) groups is 1. The van der Waals surface area contributed by atoms with Gasteiger partial charge in [0.15, 0.2) is 0 Å². The highest BCUT2D eigenvalue weighted by atomic mass is 32.2. The first-order valence-electron chi connectivity index (χ1n) is 4.84. The van der Waals surface area contributed by atoms with Crippen LogP contribution in [0.3, 0.4) is 0 Å². The highest BCUT2D eigenvalue weighted by molar-refractivity contribution is 8.00. The fraction of sp³-hybridized carbons (Fsp3) is 0.182. The quantitative estimate of drug-likeness (QED) is 0.670. The lowest BCUT2D eigenvalue weighted by Gasteiger charge is -2.09. The SMILES string of the molecule is O=C(O)CC(Sc1ccc(C(=O)O)cc1)C(=O)O. The number of rotatable bonds is 6. The Morgan fingerprint density at radius 1 is 1.06 bits per heavy atom. The van der Waals surface area contributed by atoms with Crippen LogP contribution in [0, 0.1) is 0 Å². The monoisotopic (exact) mass is 270 g/mol. The van der Waals surface area contributed by atoms with Gasteiger partial charge >= 0.3 is 17.9 Å². The van der Waals surface area contributed by atoms with Gasteiger partial charge in [0.2, 0.25) is 0 Å². The molecule has 0 saturated carbocycles. The van der Waals surface area contributed by atoms with Crippen LogP contribution in [-0.4, -0.2) is 38.5 Å². The molecule has 0 fully saturated rings. The van der Waals surface area contributed by atoms with E-state index < -0.39 is 29.6 Å². The topological polar surface area (TPSA) is 112 Å². The molecule has 6 nitrogen and oxygen atoms in total. The van der Waals surface area contributed by atoms with Gasteiger partial charge in [0.1, 0.15) is 5.25 Å². The molecule has 0 radical (unpaired) electrons. The highest BCUT2D eigenvalue weighted by Gasteiger charge is 2.22. The van der Waals surface area contributed by atoms with Crippen LogP contribution in [0.1, 0.15) is 16.8 Å². The third-order valence-corrected chi connectivity index (χ3v) is 3.21. The van der Waals surface area contributed by atoms with E-state index in [2.05, 4.69) is 0 Å². The summed E-state index contributed by atoms with van der Waals surface area (Å²) < 4.78 is 0. The number of aromatic carboxylic acids is 1. The number of aliphatic carboxylic acids is 2. The third kappa shape index (κ3) is 4.10. The third-order valence-electron chi connectivity index (χ3n) is 2.02. The number of carboxylic acids is 3. The minimum absolute atomic E-state index is 0.0875. The zero-order chi connectivity index (χ0) is 13.7. The van der Waals surface area contributed by atoms with E-state index in [1.165, 1.54) is 24.3 Å². The number of benzene rings is 1. The first-order valence-corrected chi connectivity index (χ1v) is 5.72. The Hall–Kier alpha value is -2.02. The molecule has 0 heterocycles. The summed E-state index contributed by atoms with van der Waals surface area (Å²) in [4.78, 5) is 32.4. The minimum Gasteiger partial charge on any atom is -0.481 e. The van der Waals surface area contributed by atoms with Gasteiger partial charge in [0, 0.05) is 4.90 Å². The van der Waals surface area contributed by atoms with Crippen LogP contribution in [0.2, 0.25) is 0 Å². The Labute approximate surface area is 106 Å². The Morgan fingerprint density at radius 3 is 2.00 bits per heavy atom. The Balaban J connectivity index is 2.78. The van der Waals surface area contributed by atoms with Gasteiger partial charge in [-0.1, -0.05) is 0 Å². The van der Waals surface area contributed by atoms with Crippen molar-refractivity contribution in [2.24, 2.45) is 0 Å². The van der Waals surface area contributed by atoms with Crippen molar-refractivity contribution < 1.29 is 29.7 Å². The van der Waals surface area contributed by atoms with Gasteiger partial charge in [-0.15, -0.1) is 11.8 Å². The fourth-order valence-corrected chi connectivity index (χ4v) is 2.13. The van der Waals surface area contributed by atoms with Crippen molar-refractivity contribution >= 4 is 29.7 Å². The molecule has 0 aliphatic heterocycles. The van der Waals surface area contributed by atoms with E-state index in [1.54, 1.807) is 0 Å². The molecule has 0 saturated heterocycles. The van der Waals surface area contributed by atoms with E-state index in [4.69, 9.17) is 15.3 Å². The summed E-state index contributed by atoms with van der Waals surface area (Å²) in [5.41, 5.74) is 0.0875. The van der Waals surface area contributed by atoms with Crippen LogP contribution in [0.5, 0.6) is 0 Å². The van der Waals surface area contributed by atoms with Crippen LogP contribution in [0.15, 0.2) is 29.2 Å². The van der Waals surface area contributed by atoms with E-state index in [0.29, 0.717) is 4.90 Å². The number of hydrogen-bond acceptors (Lipinski definition) is 4. The molecule has 96 valence electrons. The zero-order valence-electron chi connectivity index (χ0n) is 9.07. The largest absolute Gasteiger partial charge is 0.481 e. The van der Waals surface area contributed by atoms with Crippen molar-refractivity contribution in [3.05, 3.63) is 29.8 Å². The first-order chi connectivity index (χ1) is 8.40. The predicted molar refractivity (Wildman–Crippen MR) is 62.9 cm³/mol. The van der Waals surface area contributed by atoms with Crippen LogP contribution >= 0.6 is 11.8 Å². The molecule has 1 unspecified atom stereocenters. The molecule has 7 heteroatoms. The van der Waals surface area contributed by atoms with E-state index in [0.717, 1.165) is 11.8 Å². The highest BCUT2D eigenvalue weighted by Crippen LogP contribution is 2.26.